The van der Waals surface area contributed by atoms with Crippen molar-refractivity contribution in [3.8, 4) is 0 Å². The Bertz CT molecular complexity index is 701. The molecule has 0 saturated carbocycles. The topological polar surface area (TPSA) is 82.1 Å². The molecule has 2 fully saturated rings. The lowest BCUT2D eigenvalue weighted by molar-refractivity contribution is 0.0963. The number of anilines is 1. The van der Waals surface area contributed by atoms with Crippen molar-refractivity contribution in [1.82, 2.24) is 20.5 Å². The largest absolute Gasteiger partial charge is 0.450 e. The van der Waals surface area contributed by atoms with Gasteiger partial charge in [-0.1, -0.05) is 12.8 Å². The highest BCUT2D eigenvalue weighted by atomic mass is 127. The first-order chi connectivity index (χ1) is 14.7. The fourth-order valence-electron chi connectivity index (χ4n) is 4.04. The van der Waals surface area contributed by atoms with E-state index in [4.69, 9.17) is 4.74 Å². The highest BCUT2D eigenvalue weighted by Crippen LogP contribution is 2.18. The number of hydrogen-bond donors (Lipinski definition) is 2. The predicted molar refractivity (Wildman–Crippen MR) is 135 cm³/mol. The van der Waals surface area contributed by atoms with Crippen molar-refractivity contribution in [2.75, 3.05) is 44.7 Å². The van der Waals surface area contributed by atoms with Gasteiger partial charge < -0.3 is 25.2 Å². The lowest BCUT2D eigenvalue weighted by Crippen LogP contribution is -2.49. The number of carbonyl (C=O) groups is 1. The summed E-state index contributed by atoms with van der Waals surface area (Å²) in [6, 6.07) is 4.54. The van der Waals surface area contributed by atoms with E-state index in [0.717, 1.165) is 37.7 Å². The third-order valence-electron chi connectivity index (χ3n) is 5.79. The number of guanidine groups is 1. The van der Waals surface area contributed by atoms with Gasteiger partial charge in [0.25, 0.3) is 0 Å². The molecule has 0 unspecified atom stereocenters. The standard InChI is InChI=1S/C22H36N6O2.HI/c1-3-30-22(29)28-14-9-19(10-15-28)26-21(23-2)25-17-18-8-11-24-20(16-18)27-12-6-4-5-7-13-27;/h8,11,16,19H,3-7,9-10,12-15,17H2,1-2H3,(H2,23,25,26);1H. The first-order valence-corrected chi connectivity index (χ1v) is 11.3. The number of carbonyl (C=O) groups excluding carboxylic acids is 1. The maximum Gasteiger partial charge on any atom is 0.409 e. The predicted octanol–water partition coefficient (Wildman–Crippen LogP) is 3.37. The van der Waals surface area contributed by atoms with Crippen LogP contribution in [0.15, 0.2) is 23.3 Å². The number of amides is 1. The van der Waals surface area contributed by atoms with E-state index in [-0.39, 0.29) is 30.1 Å². The van der Waals surface area contributed by atoms with Crippen LogP contribution >= 0.6 is 24.0 Å². The number of likely N-dealkylation sites (tertiary alicyclic amines) is 1. The Labute approximate surface area is 203 Å². The van der Waals surface area contributed by atoms with Crippen LogP contribution in [0.4, 0.5) is 10.6 Å². The summed E-state index contributed by atoms with van der Waals surface area (Å²) in [6.45, 7) is 6.55. The number of hydrogen-bond acceptors (Lipinski definition) is 5. The second-order valence-electron chi connectivity index (χ2n) is 7.95. The summed E-state index contributed by atoms with van der Waals surface area (Å²) in [7, 11) is 1.79. The summed E-state index contributed by atoms with van der Waals surface area (Å²) in [4.78, 5) is 25.0. The zero-order valence-electron chi connectivity index (χ0n) is 18.8. The minimum atomic E-state index is -0.212. The number of rotatable bonds is 5. The van der Waals surface area contributed by atoms with E-state index in [9.17, 15) is 4.79 Å². The SMILES string of the molecule is CCOC(=O)N1CCC(NC(=NC)NCc2ccnc(N3CCCCCC3)c2)CC1.I. The van der Waals surface area contributed by atoms with Crippen LogP contribution < -0.4 is 15.5 Å². The van der Waals surface area contributed by atoms with Gasteiger partial charge in [-0.3, -0.25) is 4.99 Å². The summed E-state index contributed by atoms with van der Waals surface area (Å²) in [5, 5.41) is 6.90. The van der Waals surface area contributed by atoms with Gasteiger partial charge in [-0.25, -0.2) is 9.78 Å². The fraction of sp³-hybridized carbons (Fsp3) is 0.682. The number of ether oxygens (including phenoxy) is 1. The zero-order valence-corrected chi connectivity index (χ0v) is 21.1. The summed E-state index contributed by atoms with van der Waals surface area (Å²) in [5.41, 5.74) is 1.20. The molecule has 2 saturated heterocycles. The van der Waals surface area contributed by atoms with E-state index in [0.29, 0.717) is 32.3 Å². The molecule has 174 valence electrons. The third-order valence-corrected chi connectivity index (χ3v) is 5.79. The van der Waals surface area contributed by atoms with Crippen LogP contribution in [0.2, 0.25) is 0 Å². The van der Waals surface area contributed by atoms with Crippen LogP contribution in [0.5, 0.6) is 0 Å². The number of halogens is 1. The smallest absolute Gasteiger partial charge is 0.409 e. The summed E-state index contributed by atoms with van der Waals surface area (Å²) in [6.07, 6.45) is 8.58. The molecule has 0 radical (unpaired) electrons. The Hall–Kier alpha value is -1.78. The fourth-order valence-corrected chi connectivity index (χ4v) is 4.04. The van der Waals surface area contributed by atoms with Gasteiger partial charge in [-0.15, -0.1) is 24.0 Å². The third kappa shape index (κ3) is 8.01. The molecule has 2 N–H and O–H groups in total. The van der Waals surface area contributed by atoms with Gasteiger partial charge in [0.05, 0.1) is 6.61 Å². The van der Waals surface area contributed by atoms with Crippen LogP contribution in [-0.4, -0.2) is 67.8 Å². The maximum absolute atomic E-state index is 11.8. The Morgan fingerprint density at radius 2 is 1.90 bits per heavy atom. The van der Waals surface area contributed by atoms with Crippen LogP contribution in [0, 0.1) is 0 Å². The summed E-state index contributed by atoms with van der Waals surface area (Å²) >= 11 is 0. The normalized spacial score (nSPS) is 18.1. The lowest BCUT2D eigenvalue weighted by atomic mass is 10.1. The van der Waals surface area contributed by atoms with E-state index in [1.165, 1.54) is 31.2 Å². The van der Waals surface area contributed by atoms with Crippen LogP contribution in [0.1, 0.15) is 51.0 Å². The molecule has 0 bridgehead atoms. The van der Waals surface area contributed by atoms with E-state index in [2.05, 4.69) is 37.6 Å². The highest BCUT2D eigenvalue weighted by molar-refractivity contribution is 14.0. The average molecular weight is 544 g/mol. The molecule has 8 nitrogen and oxygen atoms in total. The number of nitrogens with zero attached hydrogens (tertiary/aromatic N) is 4. The van der Waals surface area contributed by atoms with E-state index in [1.807, 2.05) is 13.1 Å². The van der Waals surface area contributed by atoms with Gasteiger partial charge in [-0.2, -0.15) is 0 Å². The maximum atomic E-state index is 11.8. The van der Waals surface area contributed by atoms with Crippen molar-refractivity contribution in [3.05, 3.63) is 23.9 Å². The Kier molecular flexibility index (Phi) is 11.2. The molecule has 31 heavy (non-hydrogen) atoms. The van der Waals surface area contributed by atoms with Crippen LogP contribution in [0.25, 0.3) is 0 Å². The second-order valence-corrected chi connectivity index (χ2v) is 7.95. The van der Waals surface area contributed by atoms with Gasteiger partial charge in [0.15, 0.2) is 5.96 Å². The first kappa shape index (κ1) is 25.5. The molecule has 1 amide bonds. The van der Waals surface area contributed by atoms with Crippen molar-refractivity contribution >= 4 is 41.8 Å². The summed E-state index contributed by atoms with van der Waals surface area (Å²) < 4.78 is 5.09. The number of piperidine rings is 1. The molecule has 0 atom stereocenters. The number of pyridine rings is 1. The summed E-state index contributed by atoms with van der Waals surface area (Å²) in [5.74, 6) is 1.86. The van der Waals surface area contributed by atoms with Crippen molar-refractivity contribution in [2.24, 2.45) is 4.99 Å². The Morgan fingerprint density at radius 3 is 2.55 bits per heavy atom. The lowest BCUT2D eigenvalue weighted by Gasteiger charge is -2.32. The highest BCUT2D eigenvalue weighted by Gasteiger charge is 2.24. The van der Waals surface area contributed by atoms with Crippen LogP contribution in [0.3, 0.4) is 0 Å². The molecule has 9 heteroatoms. The minimum Gasteiger partial charge on any atom is -0.450 e. The Morgan fingerprint density at radius 1 is 1.19 bits per heavy atom. The van der Waals surface area contributed by atoms with Gasteiger partial charge >= 0.3 is 6.09 Å². The second kappa shape index (κ2) is 13.6. The quantitative estimate of drug-likeness (QED) is 0.336. The molecule has 1 aromatic rings. The molecule has 2 aliphatic rings. The number of nitrogens with one attached hydrogen (secondary N) is 2. The van der Waals surface area contributed by atoms with Crippen molar-refractivity contribution in [1.29, 1.82) is 0 Å². The van der Waals surface area contributed by atoms with E-state index >= 15 is 0 Å². The number of aromatic nitrogens is 1. The molecule has 3 heterocycles. The van der Waals surface area contributed by atoms with Gasteiger partial charge in [0.1, 0.15) is 5.82 Å². The van der Waals surface area contributed by atoms with E-state index < -0.39 is 0 Å². The Balaban J connectivity index is 0.00000341. The van der Waals surface area contributed by atoms with Gasteiger partial charge in [0.2, 0.25) is 0 Å². The van der Waals surface area contributed by atoms with Gasteiger partial charge in [0, 0.05) is 52.0 Å². The van der Waals surface area contributed by atoms with Crippen LogP contribution in [-0.2, 0) is 11.3 Å². The van der Waals surface area contributed by atoms with Gasteiger partial charge in [-0.05, 0) is 50.3 Å². The molecule has 1 aromatic heterocycles. The van der Waals surface area contributed by atoms with Crippen molar-refractivity contribution in [2.45, 2.75) is 58.0 Å². The molecular formula is C22H37IN6O2. The average Bonchev–Trinajstić information content (AvgIpc) is 3.07. The van der Waals surface area contributed by atoms with Crippen molar-refractivity contribution in [3.63, 3.8) is 0 Å². The molecular weight excluding hydrogens is 507 g/mol. The zero-order chi connectivity index (χ0) is 21.2. The first-order valence-electron chi connectivity index (χ1n) is 11.3. The monoisotopic (exact) mass is 544 g/mol. The molecule has 0 spiro atoms. The number of aliphatic imine (C=N–C) groups is 1. The van der Waals surface area contributed by atoms with E-state index in [1.54, 1.807) is 11.9 Å². The molecule has 0 aliphatic carbocycles. The molecule has 2 aliphatic heterocycles. The minimum absolute atomic E-state index is 0. The molecule has 0 aromatic carbocycles. The molecule has 3 rings (SSSR count). The van der Waals surface area contributed by atoms with Crippen molar-refractivity contribution < 1.29 is 9.53 Å².